The molecule has 4 heteroatoms. The molecule has 0 N–H and O–H groups in total. The SMILES string of the molecule is CC1C(C#N)=C(C#N)C(C#N)=C1C#N. The molecule has 0 heterocycles. The van der Waals surface area contributed by atoms with E-state index in [1.54, 1.807) is 19.1 Å². The van der Waals surface area contributed by atoms with Crippen molar-refractivity contribution in [1.82, 2.24) is 0 Å². The summed E-state index contributed by atoms with van der Waals surface area (Å²) in [5.41, 5.74) is 0.499. The Labute approximate surface area is 81.2 Å². The van der Waals surface area contributed by atoms with Crippen LogP contribution in [0.5, 0.6) is 0 Å². The molecule has 0 atom stereocenters. The highest BCUT2D eigenvalue weighted by molar-refractivity contribution is 5.68. The summed E-state index contributed by atoms with van der Waals surface area (Å²) in [5.74, 6) is -0.436. The summed E-state index contributed by atoms with van der Waals surface area (Å²) in [4.78, 5) is 0. The topological polar surface area (TPSA) is 95.2 Å². The van der Waals surface area contributed by atoms with Gasteiger partial charge in [0.15, 0.2) is 0 Å². The van der Waals surface area contributed by atoms with E-state index in [9.17, 15) is 0 Å². The van der Waals surface area contributed by atoms with Gasteiger partial charge in [-0.1, -0.05) is 6.92 Å². The van der Waals surface area contributed by atoms with Crippen molar-refractivity contribution in [2.45, 2.75) is 6.92 Å². The summed E-state index contributed by atoms with van der Waals surface area (Å²) >= 11 is 0. The molecule has 0 radical (unpaired) electrons. The van der Waals surface area contributed by atoms with Crippen molar-refractivity contribution in [3.8, 4) is 24.3 Å². The zero-order valence-electron chi connectivity index (χ0n) is 7.37. The Morgan fingerprint density at radius 1 is 0.786 bits per heavy atom. The smallest absolute Gasteiger partial charge is 0.102 e. The lowest BCUT2D eigenvalue weighted by Crippen LogP contribution is -1.95. The van der Waals surface area contributed by atoms with E-state index in [4.69, 9.17) is 21.0 Å². The molecule has 64 valence electrons. The summed E-state index contributed by atoms with van der Waals surface area (Å²) < 4.78 is 0. The maximum Gasteiger partial charge on any atom is 0.102 e. The highest BCUT2D eigenvalue weighted by Crippen LogP contribution is 2.35. The number of hydrogen-bond acceptors (Lipinski definition) is 4. The molecule has 1 aliphatic carbocycles. The van der Waals surface area contributed by atoms with Crippen molar-refractivity contribution < 1.29 is 0 Å². The minimum absolute atomic E-state index is 0.0408. The zero-order valence-corrected chi connectivity index (χ0v) is 7.37. The lowest BCUT2D eigenvalue weighted by molar-refractivity contribution is 0.872. The third-order valence-corrected chi connectivity index (χ3v) is 2.12. The van der Waals surface area contributed by atoms with Gasteiger partial charge < -0.3 is 0 Å². The number of nitriles is 4. The molecule has 0 aromatic rings. The van der Waals surface area contributed by atoms with Crippen molar-refractivity contribution in [2.75, 3.05) is 0 Å². The summed E-state index contributed by atoms with van der Waals surface area (Å²) in [5, 5.41) is 35.0. The Morgan fingerprint density at radius 2 is 1.14 bits per heavy atom. The Morgan fingerprint density at radius 3 is 1.36 bits per heavy atom. The van der Waals surface area contributed by atoms with Gasteiger partial charge in [0, 0.05) is 5.92 Å². The Kier molecular flexibility index (Phi) is 2.34. The maximum absolute atomic E-state index is 8.76. The van der Waals surface area contributed by atoms with E-state index in [1.165, 1.54) is 0 Å². The fourth-order valence-electron chi connectivity index (χ4n) is 1.38. The first kappa shape index (κ1) is 9.53. The third-order valence-electron chi connectivity index (χ3n) is 2.12. The Hall–Kier alpha value is -2.56. The summed E-state index contributed by atoms with van der Waals surface area (Å²) in [6.45, 7) is 1.64. The van der Waals surface area contributed by atoms with Gasteiger partial charge >= 0.3 is 0 Å². The number of nitrogens with zero attached hydrogens (tertiary/aromatic N) is 4. The molecule has 0 bridgehead atoms. The van der Waals surface area contributed by atoms with Gasteiger partial charge in [-0.2, -0.15) is 21.0 Å². The van der Waals surface area contributed by atoms with Gasteiger partial charge in [-0.15, -0.1) is 0 Å². The van der Waals surface area contributed by atoms with Gasteiger partial charge in [0.05, 0.1) is 34.4 Å². The molecule has 0 spiro atoms. The van der Waals surface area contributed by atoms with Crippen molar-refractivity contribution in [3.63, 3.8) is 0 Å². The molecule has 0 aromatic heterocycles. The van der Waals surface area contributed by atoms with E-state index in [0.29, 0.717) is 0 Å². The van der Waals surface area contributed by atoms with Crippen molar-refractivity contribution in [2.24, 2.45) is 5.92 Å². The minimum Gasteiger partial charge on any atom is -0.193 e. The van der Waals surface area contributed by atoms with Crippen molar-refractivity contribution in [3.05, 3.63) is 22.3 Å². The number of hydrogen-bond donors (Lipinski definition) is 0. The lowest BCUT2D eigenvalue weighted by atomic mass is 9.99. The average Bonchev–Trinajstić information content (AvgIpc) is 2.48. The van der Waals surface area contributed by atoms with Crippen LogP contribution in [0.4, 0.5) is 0 Å². The molecule has 0 amide bonds. The van der Waals surface area contributed by atoms with Crippen LogP contribution in [0, 0.1) is 51.2 Å². The van der Waals surface area contributed by atoms with Crippen LogP contribution in [0.3, 0.4) is 0 Å². The third kappa shape index (κ3) is 1.04. The molecular formula is C10H4N4. The second kappa shape index (κ2) is 3.44. The predicted octanol–water partition coefficient (Wildman–Crippen LogP) is 1.32. The first-order valence-electron chi connectivity index (χ1n) is 3.80. The molecule has 0 saturated heterocycles. The van der Waals surface area contributed by atoms with E-state index in [-0.39, 0.29) is 22.3 Å². The predicted molar refractivity (Wildman–Crippen MR) is 45.7 cm³/mol. The van der Waals surface area contributed by atoms with Crippen LogP contribution < -0.4 is 0 Å². The van der Waals surface area contributed by atoms with Crippen LogP contribution in [0.2, 0.25) is 0 Å². The van der Waals surface area contributed by atoms with E-state index in [2.05, 4.69) is 0 Å². The minimum atomic E-state index is -0.436. The van der Waals surface area contributed by atoms with Crippen LogP contribution in [-0.4, -0.2) is 0 Å². The van der Waals surface area contributed by atoms with Crippen LogP contribution in [0.1, 0.15) is 6.92 Å². The fraction of sp³-hybridized carbons (Fsp3) is 0.200. The largest absolute Gasteiger partial charge is 0.193 e. The molecule has 0 aromatic carbocycles. The van der Waals surface area contributed by atoms with Gasteiger partial charge in [0.1, 0.15) is 12.1 Å². The monoisotopic (exact) mass is 180 g/mol. The summed E-state index contributed by atoms with van der Waals surface area (Å²) in [7, 11) is 0. The molecule has 0 unspecified atom stereocenters. The molecule has 1 rings (SSSR count). The molecule has 0 saturated carbocycles. The van der Waals surface area contributed by atoms with E-state index >= 15 is 0 Å². The molecule has 14 heavy (non-hydrogen) atoms. The van der Waals surface area contributed by atoms with Gasteiger partial charge in [-0.3, -0.25) is 0 Å². The van der Waals surface area contributed by atoms with Gasteiger partial charge in [0.2, 0.25) is 0 Å². The van der Waals surface area contributed by atoms with Gasteiger partial charge in [0.25, 0.3) is 0 Å². The second-order valence-corrected chi connectivity index (χ2v) is 2.75. The van der Waals surface area contributed by atoms with Crippen molar-refractivity contribution >= 4 is 0 Å². The first-order chi connectivity index (χ1) is 6.71. The van der Waals surface area contributed by atoms with E-state index in [1.807, 2.05) is 12.1 Å². The van der Waals surface area contributed by atoms with E-state index < -0.39 is 5.92 Å². The summed E-state index contributed by atoms with van der Waals surface area (Å²) in [6.07, 6.45) is 0. The molecule has 0 fully saturated rings. The molecular weight excluding hydrogens is 176 g/mol. The molecule has 0 aliphatic heterocycles. The van der Waals surface area contributed by atoms with Crippen LogP contribution >= 0.6 is 0 Å². The quantitative estimate of drug-likeness (QED) is 0.561. The highest BCUT2D eigenvalue weighted by atomic mass is 14.4. The number of allylic oxidation sites excluding steroid dienone is 4. The second-order valence-electron chi connectivity index (χ2n) is 2.75. The average molecular weight is 180 g/mol. The maximum atomic E-state index is 8.76. The van der Waals surface area contributed by atoms with Crippen LogP contribution in [0.25, 0.3) is 0 Å². The van der Waals surface area contributed by atoms with E-state index in [0.717, 1.165) is 0 Å². The summed E-state index contributed by atoms with van der Waals surface area (Å²) in [6, 6.07) is 7.29. The van der Waals surface area contributed by atoms with Crippen LogP contribution in [-0.2, 0) is 0 Å². The lowest BCUT2D eigenvalue weighted by Gasteiger charge is -1.99. The van der Waals surface area contributed by atoms with Crippen LogP contribution in [0.15, 0.2) is 22.3 Å². The fourth-order valence-corrected chi connectivity index (χ4v) is 1.38. The normalized spacial score (nSPS) is 15.8. The standard InChI is InChI=1S/C10H4N4/c1-6-7(2-11)9(4-13)10(5-14)8(6)3-12/h6H,1H3. The Balaban J connectivity index is 3.51. The van der Waals surface area contributed by atoms with Gasteiger partial charge in [-0.25, -0.2) is 0 Å². The molecule has 1 aliphatic rings. The first-order valence-corrected chi connectivity index (χ1v) is 3.80. The Bertz CT molecular complexity index is 460. The van der Waals surface area contributed by atoms with Crippen molar-refractivity contribution in [1.29, 1.82) is 21.0 Å². The zero-order chi connectivity index (χ0) is 10.7. The van der Waals surface area contributed by atoms with Gasteiger partial charge in [-0.05, 0) is 0 Å². The highest BCUT2D eigenvalue weighted by Gasteiger charge is 2.31. The molecule has 4 nitrogen and oxygen atoms in total. The number of rotatable bonds is 0.